The van der Waals surface area contributed by atoms with Crippen molar-refractivity contribution in [1.82, 2.24) is 9.80 Å². The molecule has 1 spiro atoms. The van der Waals surface area contributed by atoms with Crippen molar-refractivity contribution in [3.63, 3.8) is 0 Å². The molecule has 2 unspecified atom stereocenters. The Hall–Kier alpha value is -4.15. The van der Waals surface area contributed by atoms with E-state index in [1.165, 1.54) is 38.0 Å². The average molecular weight is 701 g/mol. The zero-order valence-corrected chi connectivity index (χ0v) is 28.7. The van der Waals surface area contributed by atoms with E-state index >= 15 is 0 Å². The second-order valence-corrected chi connectivity index (χ2v) is 15.0. The van der Waals surface area contributed by atoms with E-state index in [9.17, 15) is 27.9 Å². The number of likely N-dealkylation sites (tertiary alicyclic amines) is 1. The first kappa shape index (κ1) is 34.0. The normalized spacial score (nSPS) is 27.9. The van der Waals surface area contributed by atoms with Gasteiger partial charge in [0.05, 0.1) is 22.6 Å². The van der Waals surface area contributed by atoms with Crippen molar-refractivity contribution < 1.29 is 37.3 Å². The number of ether oxygens (including phenoxy) is 2. The number of amides is 1. The lowest BCUT2D eigenvalue weighted by molar-refractivity contribution is -0.201. The lowest BCUT2D eigenvalue weighted by Gasteiger charge is -2.65. The minimum absolute atomic E-state index is 0.111. The Morgan fingerprint density at radius 3 is 2.61 bits per heavy atom. The lowest BCUT2D eigenvalue weighted by atomic mass is 9.48. The van der Waals surface area contributed by atoms with Crippen LogP contribution in [0.1, 0.15) is 73.3 Å². The molecule has 51 heavy (non-hydrogen) atoms. The number of alkyl halides is 3. The smallest absolute Gasteiger partial charge is 0.416 e. The molecule has 2 aliphatic heterocycles. The molecular formula is C41H43F3N2O5. The maximum absolute atomic E-state index is 14.3. The second-order valence-electron chi connectivity index (χ2n) is 15.0. The average Bonchev–Trinajstić information content (AvgIpc) is 3.85. The molecule has 10 heteroatoms. The fourth-order valence-corrected chi connectivity index (χ4v) is 9.62. The number of carbonyl (C=O) groups is 2. The molecule has 5 atom stereocenters. The molecular weight excluding hydrogens is 657 g/mol. The number of carbonyl (C=O) groups excluding carboxylic acids is 2. The SMILES string of the molecule is CC(=O)Oc1ccc2c3c1OC1C(N(CCCc4ccccc4)C(=O)/C=C/c4cccc(C(F)(F)F)c4)CC[C@@]4(O)[C@@H](C2)N(CC2CC2)CC[C@]314. The first-order valence-corrected chi connectivity index (χ1v) is 18.2. The molecule has 2 saturated carbocycles. The number of halogens is 3. The van der Waals surface area contributed by atoms with E-state index in [1.54, 1.807) is 12.1 Å². The van der Waals surface area contributed by atoms with Gasteiger partial charge in [-0.05, 0) is 105 Å². The summed E-state index contributed by atoms with van der Waals surface area (Å²) in [6, 6.07) is 18.2. The molecule has 7 nitrogen and oxygen atoms in total. The third-order valence-electron chi connectivity index (χ3n) is 12.0. The molecule has 3 aliphatic carbocycles. The Morgan fingerprint density at radius 2 is 1.86 bits per heavy atom. The van der Waals surface area contributed by atoms with E-state index in [0.29, 0.717) is 56.1 Å². The molecule has 3 aromatic carbocycles. The molecule has 1 N–H and O–H groups in total. The van der Waals surface area contributed by atoms with Gasteiger partial charge in [-0.3, -0.25) is 14.5 Å². The van der Waals surface area contributed by atoms with E-state index in [1.807, 2.05) is 41.3 Å². The molecule has 3 fully saturated rings. The number of esters is 1. The number of benzene rings is 3. The minimum Gasteiger partial charge on any atom is -0.483 e. The van der Waals surface area contributed by atoms with Crippen LogP contribution in [0.4, 0.5) is 13.2 Å². The van der Waals surface area contributed by atoms with Gasteiger partial charge in [-0.25, -0.2) is 0 Å². The highest BCUT2D eigenvalue weighted by Crippen LogP contribution is 2.66. The van der Waals surface area contributed by atoms with Gasteiger partial charge < -0.3 is 19.5 Å². The summed E-state index contributed by atoms with van der Waals surface area (Å²) in [5, 5.41) is 13.1. The predicted octanol–water partition coefficient (Wildman–Crippen LogP) is 6.74. The summed E-state index contributed by atoms with van der Waals surface area (Å²) in [5.74, 6) is 0.643. The Balaban J connectivity index is 1.17. The van der Waals surface area contributed by atoms with E-state index in [2.05, 4.69) is 4.90 Å². The van der Waals surface area contributed by atoms with Gasteiger partial charge >= 0.3 is 12.1 Å². The van der Waals surface area contributed by atoms with Crippen molar-refractivity contribution in [3.05, 3.63) is 101 Å². The van der Waals surface area contributed by atoms with E-state index < -0.39 is 40.9 Å². The van der Waals surface area contributed by atoms with Crippen LogP contribution in [-0.4, -0.2) is 70.2 Å². The fraction of sp³-hybridized carbons (Fsp3) is 0.463. The zero-order chi connectivity index (χ0) is 35.5. The highest BCUT2D eigenvalue weighted by molar-refractivity contribution is 5.92. The number of hydrogen-bond donors (Lipinski definition) is 1. The Morgan fingerprint density at radius 1 is 1.06 bits per heavy atom. The number of aliphatic hydroxyl groups is 1. The highest BCUT2D eigenvalue weighted by atomic mass is 19.4. The van der Waals surface area contributed by atoms with Gasteiger partial charge in [-0.1, -0.05) is 48.5 Å². The third kappa shape index (κ3) is 5.94. The van der Waals surface area contributed by atoms with E-state index in [-0.39, 0.29) is 17.5 Å². The predicted molar refractivity (Wildman–Crippen MR) is 185 cm³/mol. The summed E-state index contributed by atoms with van der Waals surface area (Å²) in [7, 11) is 0. The monoisotopic (exact) mass is 700 g/mol. The molecule has 1 amide bonds. The summed E-state index contributed by atoms with van der Waals surface area (Å²) in [6.45, 7) is 3.47. The molecule has 2 heterocycles. The van der Waals surface area contributed by atoms with Crippen molar-refractivity contribution >= 4 is 18.0 Å². The molecule has 0 radical (unpaired) electrons. The number of aryl methyl sites for hydroxylation is 1. The van der Waals surface area contributed by atoms with Gasteiger partial charge in [0.15, 0.2) is 11.5 Å². The first-order chi connectivity index (χ1) is 24.5. The van der Waals surface area contributed by atoms with E-state index in [4.69, 9.17) is 9.47 Å². The molecule has 3 aromatic rings. The van der Waals surface area contributed by atoms with Gasteiger partial charge in [0.2, 0.25) is 5.91 Å². The van der Waals surface area contributed by atoms with E-state index in [0.717, 1.165) is 48.3 Å². The second kappa shape index (κ2) is 12.8. The van der Waals surface area contributed by atoms with Crippen LogP contribution < -0.4 is 9.47 Å². The highest BCUT2D eigenvalue weighted by Gasteiger charge is 2.73. The van der Waals surface area contributed by atoms with Gasteiger partial charge in [0, 0.05) is 37.7 Å². The maximum atomic E-state index is 14.3. The van der Waals surface area contributed by atoms with Crippen LogP contribution in [0.15, 0.2) is 72.8 Å². The zero-order valence-electron chi connectivity index (χ0n) is 28.7. The van der Waals surface area contributed by atoms with Gasteiger partial charge in [-0.2, -0.15) is 13.2 Å². The Bertz CT molecular complexity index is 1860. The van der Waals surface area contributed by atoms with Crippen LogP contribution in [0.5, 0.6) is 11.5 Å². The van der Waals surface area contributed by atoms with Crippen LogP contribution in [0, 0.1) is 5.92 Å². The Kier molecular flexibility index (Phi) is 8.53. The number of nitrogens with zero attached hydrogens (tertiary/aromatic N) is 2. The summed E-state index contributed by atoms with van der Waals surface area (Å²) < 4.78 is 53.0. The molecule has 8 rings (SSSR count). The number of hydrogen-bond acceptors (Lipinski definition) is 6. The summed E-state index contributed by atoms with van der Waals surface area (Å²) in [5.41, 5.74) is 0.655. The maximum Gasteiger partial charge on any atom is 0.416 e. The van der Waals surface area contributed by atoms with Crippen molar-refractivity contribution in [2.24, 2.45) is 5.92 Å². The molecule has 2 bridgehead atoms. The third-order valence-corrected chi connectivity index (χ3v) is 12.0. The fourth-order valence-electron chi connectivity index (χ4n) is 9.62. The van der Waals surface area contributed by atoms with Gasteiger partial charge in [0.25, 0.3) is 0 Å². The summed E-state index contributed by atoms with van der Waals surface area (Å²) in [4.78, 5) is 30.8. The standard InChI is InChI=1S/C41H43F3N2O5/c1-26(47)50-33-16-15-30-24-34-40(49)19-18-32(38-39(40,36(30)37(33)51-38)20-22-45(34)25-29-12-13-29)46(21-6-10-27-7-3-2-4-8-27)35(48)17-14-28-9-5-11-31(23-28)41(42,43)44/h2-5,7-9,11,14-17,23,29,32,34,38,49H,6,10,12-13,18-22,24-25H2,1H3/b17-14+/t32?,34-,38?,39+,40-/m1/s1. The van der Waals surface area contributed by atoms with Crippen LogP contribution >= 0.6 is 0 Å². The van der Waals surface area contributed by atoms with Gasteiger partial charge in [-0.15, -0.1) is 0 Å². The Labute approximate surface area is 296 Å². The first-order valence-electron chi connectivity index (χ1n) is 18.2. The van der Waals surface area contributed by atoms with Crippen molar-refractivity contribution in [3.8, 4) is 11.5 Å². The lowest BCUT2D eigenvalue weighted by Crippen LogP contribution is -2.78. The number of rotatable bonds is 10. The van der Waals surface area contributed by atoms with Crippen LogP contribution in [0.25, 0.3) is 6.08 Å². The van der Waals surface area contributed by atoms with Crippen LogP contribution in [0.2, 0.25) is 0 Å². The molecule has 1 saturated heterocycles. The summed E-state index contributed by atoms with van der Waals surface area (Å²) >= 11 is 0. The molecule has 268 valence electrons. The quantitative estimate of drug-likeness (QED) is 0.144. The minimum atomic E-state index is -4.50. The number of piperidine rings is 1. The molecule has 0 aromatic heterocycles. The van der Waals surface area contributed by atoms with Crippen LogP contribution in [0.3, 0.4) is 0 Å². The van der Waals surface area contributed by atoms with Crippen molar-refractivity contribution in [2.45, 2.75) is 93.7 Å². The molecule has 5 aliphatic rings. The van der Waals surface area contributed by atoms with Crippen LogP contribution in [-0.2, 0) is 34.0 Å². The largest absolute Gasteiger partial charge is 0.483 e. The van der Waals surface area contributed by atoms with Crippen molar-refractivity contribution in [1.29, 1.82) is 0 Å². The van der Waals surface area contributed by atoms with Crippen molar-refractivity contribution in [2.75, 3.05) is 19.6 Å². The summed E-state index contributed by atoms with van der Waals surface area (Å²) in [6.07, 6.45) is 3.72. The topological polar surface area (TPSA) is 79.3 Å². The van der Waals surface area contributed by atoms with Gasteiger partial charge in [0.1, 0.15) is 6.10 Å².